The highest BCUT2D eigenvalue weighted by atomic mass is 16.1. The van der Waals surface area contributed by atoms with Crippen LogP contribution in [0.5, 0.6) is 0 Å². The first-order valence-electron chi connectivity index (χ1n) is 11.4. The number of nitrogens with zero attached hydrogens (tertiary/aromatic N) is 6. The topological polar surface area (TPSA) is 80.4 Å². The number of hydrogen-bond donors (Lipinski definition) is 1. The Bertz CT molecular complexity index is 1480. The lowest BCUT2D eigenvalue weighted by atomic mass is 9.95. The Morgan fingerprint density at radius 1 is 1.03 bits per heavy atom. The lowest BCUT2D eigenvalue weighted by Gasteiger charge is -2.32. The number of aromatic nitrogens is 5. The number of para-hydroxylation sites is 1. The van der Waals surface area contributed by atoms with E-state index in [0.29, 0.717) is 0 Å². The van der Waals surface area contributed by atoms with E-state index in [1.54, 1.807) is 10.8 Å². The minimum absolute atomic E-state index is 0.00688. The van der Waals surface area contributed by atoms with Gasteiger partial charge in [0.05, 0.1) is 0 Å². The molecule has 0 bridgehead atoms. The van der Waals surface area contributed by atoms with Gasteiger partial charge in [0.15, 0.2) is 5.65 Å². The number of nitrogens with one attached hydrogen (secondary N) is 1. The number of carbonyl (C=O) groups excluding carboxylic acids is 1. The van der Waals surface area contributed by atoms with Crippen molar-refractivity contribution < 1.29 is 4.79 Å². The zero-order valence-electron chi connectivity index (χ0n) is 18.5. The summed E-state index contributed by atoms with van der Waals surface area (Å²) in [6.07, 6.45) is 3.20. The smallest absolute Gasteiger partial charge is 0.227 e. The van der Waals surface area contributed by atoms with Gasteiger partial charge in [0.1, 0.15) is 12.1 Å². The first kappa shape index (κ1) is 19.7. The Kier molecular flexibility index (Phi) is 4.71. The Morgan fingerprint density at radius 3 is 2.70 bits per heavy atom. The van der Waals surface area contributed by atoms with Gasteiger partial charge in [-0.15, -0.1) is 15.3 Å². The van der Waals surface area contributed by atoms with Crippen molar-refractivity contribution in [3.8, 4) is 0 Å². The van der Waals surface area contributed by atoms with Gasteiger partial charge in [-0.3, -0.25) is 4.79 Å². The number of rotatable bonds is 4. The normalized spacial score (nSPS) is 15.0. The van der Waals surface area contributed by atoms with Crippen molar-refractivity contribution in [2.45, 2.75) is 26.3 Å². The van der Waals surface area contributed by atoms with Crippen molar-refractivity contribution in [2.24, 2.45) is 5.92 Å². The molecule has 0 spiro atoms. The summed E-state index contributed by atoms with van der Waals surface area (Å²) in [7, 11) is 0. The number of benzene rings is 2. The van der Waals surface area contributed by atoms with E-state index in [1.165, 1.54) is 21.8 Å². The molecule has 3 aromatic heterocycles. The number of aryl methyl sites for hydroxylation is 1. The highest BCUT2D eigenvalue weighted by Crippen LogP contribution is 2.31. The highest BCUT2D eigenvalue weighted by molar-refractivity contribution is 6.09. The SMILES string of the molecule is CCn1c2ccccc2c2cc(NC(=O)C3CCN(c4ccc5nncn5n4)CC3)ccc21. The van der Waals surface area contributed by atoms with Gasteiger partial charge in [0.2, 0.25) is 5.91 Å². The predicted octanol–water partition coefficient (Wildman–Crippen LogP) is 4.11. The van der Waals surface area contributed by atoms with E-state index in [0.717, 1.165) is 49.6 Å². The van der Waals surface area contributed by atoms with Crippen LogP contribution in [0.4, 0.5) is 11.5 Å². The van der Waals surface area contributed by atoms with Crippen LogP contribution in [0.1, 0.15) is 19.8 Å². The van der Waals surface area contributed by atoms with Crippen LogP contribution in [0.3, 0.4) is 0 Å². The summed E-state index contributed by atoms with van der Waals surface area (Å²) in [6.45, 7) is 4.66. The average molecular weight is 440 g/mol. The molecule has 1 aliphatic heterocycles. The molecule has 166 valence electrons. The number of amides is 1. The van der Waals surface area contributed by atoms with Crippen molar-refractivity contribution in [1.29, 1.82) is 0 Å². The molecular formula is C25H25N7O. The summed E-state index contributed by atoms with van der Waals surface area (Å²) >= 11 is 0. The largest absolute Gasteiger partial charge is 0.355 e. The van der Waals surface area contributed by atoms with Gasteiger partial charge >= 0.3 is 0 Å². The zero-order valence-corrected chi connectivity index (χ0v) is 18.5. The van der Waals surface area contributed by atoms with Gasteiger partial charge in [0, 0.05) is 53.0 Å². The highest BCUT2D eigenvalue weighted by Gasteiger charge is 2.26. The maximum absolute atomic E-state index is 13.0. The summed E-state index contributed by atoms with van der Waals surface area (Å²) < 4.78 is 4.00. The predicted molar refractivity (Wildman–Crippen MR) is 129 cm³/mol. The van der Waals surface area contributed by atoms with Crippen LogP contribution in [-0.4, -0.2) is 43.4 Å². The van der Waals surface area contributed by atoms with E-state index in [4.69, 9.17) is 0 Å². The van der Waals surface area contributed by atoms with E-state index >= 15 is 0 Å². The van der Waals surface area contributed by atoms with E-state index in [1.807, 2.05) is 18.2 Å². The summed E-state index contributed by atoms with van der Waals surface area (Å²) in [5.41, 5.74) is 4.01. The van der Waals surface area contributed by atoms with Gasteiger partial charge in [-0.1, -0.05) is 18.2 Å². The van der Waals surface area contributed by atoms with Crippen molar-refractivity contribution in [3.05, 3.63) is 60.9 Å². The van der Waals surface area contributed by atoms with Crippen LogP contribution in [0.25, 0.3) is 27.5 Å². The zero-order chi connectivity index (χ0) is 22.4. The quantitative estimate of drug-likeness (QED) is 0.456. The fourth-order valence-corrected chi connectivity index (χ4v) is 4.97. The number of fused-ring (bicyclic) bond motifs is 4. The molecule has 1 saturated heterocycles. The van der Waals surface area contributed by atoms with Gasteiger partial charge in [-0.2, -0.15) is 4.52 Å². The van der Waals surface area contributed by atoms with Crippen LogP contribution in [0, 0.1) is 5.92 Å². The van der Waals surface area contributed by atoms with Crippen molar-refractivity contribution >= 4 is 44.9 Å². The first-order chi connectivity index (χ1) is 16.2. The summed E-state index contributed by atoms with van der Waals surface area (Å²) in [5, 5.41) is 18.0. The maximum Gasteiger partial charge on any atom is 0.227 e. The molecule has 2 aromatic carbocycles. The Balaban J connectivity index is 1.17. The monoisotopic (exact) mass is 439 g/mol. The molecule has 0 saturated carbocycles. The third-order valence-corrected chi connectivity index (χ3v) is 6.69. The third-order valence-electron chi connectivity index (χ3n) is 6.69. The Hall–Kier alpha value is -3.94. The van der Waals surface area contributed by atoms with Crippen LogP contribution in [0.15, 0.2) is 60.9 Å². The molecule has 4 heterocycles. The van der Waals surface area contributed by atoms with E-state index in [2.05, 4.69) is 73.4 Å². The van der Waals surface area contributed by atoms with Crippen molar-refractivity contribution in [1.82, 2.24) is 24.4 Å². The fourth-order valence-electron chi connectivity index (χ4n) is 4.97. The molecule has 8 heteroatoms. The molecular weight excluding hydrogens is 414 g/mol. The molecule has 1 aliphatic rings. The Morgan fingerprint density at radius 2 is 1.85 bits per heavy atom. The average Bonchev–Trinajstić information content (AvgIpc) is 3.45. The number of carbonyl (C=O) groups is 1. The van der Waals surface area contributed by atoms with Gasteiger partial charge in [-0.05, 0) is 56.2 Å². The second kappa shape index (κ2) is 7.88. The lowest BCUT2D eigenvalue weighted by molar-refractivity contribution is -0.120. The van der Waals surface area contributed by atoms with Crippen LogP contribution >= 0.6 is 0 Å². The molecule has 0 aliphatic carbocycles. The molecule has 0 unspecified atom stereocenters. The van der Waals surface area contributed by atoms with Crippen LogP contribution < -0.4 is 10.2 Å². The van der Waals surface area contributed by atoms with E-state index in [-0.39, 0.29) is 11.8 Å². The van der Waals surface area contributed by atoms with Gasteiger partial charge in [0.25, 0.3) is 0 Å². The summed E-state index contributed by atoms with van der Waals surface area (Å²) in [4.78, 5) is 15.3. The molecule has 1 N–H and O–H groups in total. The maximum atomic E-state index is 13.0. The third kappa shape index (κ3) is 3.38. The summed E-state index contributed by atoms with van der Waals surface area (Å²) in [6, 6.07) is 18.6. The lowest BCUT2D eigenvalue weighted by Crippen LogP contribution is -2.38. The second-order valence-electron chi connectivity index (χ2n) is 8.57. The van der Waals surface area contributed by atoms with Gasteiger partial charge < -0.3 is 14.8 Å². The fraction of sp³-hybridized carbons (Fsp3) is 0.280. The molecule has 33 heavy (non-hydrogen) atoms. The molecule has 0 radical (unpaired) electrons. The van der Waals surface area contributed by atoms with Crippen molar-refractivity contribution in [2.75, 3.05) is 23.3 Å². The van der Waals surface area contributed by atoms with Crippen LogP contribution in [0.2, 0.25) is 0 Å². The van der Waals surface area contributed by atoms with Crippen molar-refractivity contribution in [3.63, 3.8) is 0 Å². The molecule has 6 rings (SSSR count). The second-order valence-corrected chi connectivity index (χ2v) is 8.57. The standard InChI is InChI=1S/C25H25N7O/c1-2-31-21-6-4-3-5-19(21)20-15-18(7-8-22(20)31)27-25(33)17-11-13-30(14-12-17)24-10-9-23-28-26-16-32(23)29-24/h3-10,15-17H,2,11-14H2,1H3,(H,27,33). The van der Waals surface area contributed by atoms with E-state index in [9.17, 15) is 4.79 Å². The molecule has 8 nitrogen and oxygen atoms in total. The number of piperidine rings is 1. The minimum atomic E-state index is -0.00688. The molecule has 1 amide bonds. The van der Waals surface area contributed by atoms with Crippen LogP contribution in [-0.2, 0) is 11.3 Å². The molecule has 1 fully saturated rings. The first-order valence-corrected chi connectivity index (χ1v) is 11.4. The minimum Gasteiger partial charge on any atom is -0.355 e. The molecule has 0 atom stereocenters. The number of hydrogen-bond acceptors (Lipinski definition) is 5. The molecule has 5 aromatic rings. The Labute approximate surface area is 190 Å². The van der Waals surface area contributed by atoms with E-state index < -0.39 is 0 Å². The number of anilines is 2. The summed E-state index contributed by atoms with van der Waals surface area (Å²) in [5.74, 6) is 0.974. The van der Waals surface area contributed by atoms with Gasteiger partial charge in [-0.25, -0.2) is 0 Å².